The number of nitrogens with one attached hydrogen (secondary N) is 1. The molecule has 1 amide bonds. The van der Waals surface area contributed by atoms with E-state index in [1.165, 1.54) is 21.7 Å². The Bertz CT molecular complexity index is 1240. The van der Waals surface area contributed by atoms with Crippen LogP contribution in [0.2, 0.25) is 0 Å². The summed E-state index contributed by atoms with van der Waals surface area (Å²) in [5, 5.41) is 3.02. The van der Waals surface area contributed by atoms with Crippen LogP contribution in [0.3, 0.4) is 0 Å². The topological polar surface area (TPSA) is 35.6 Å². The zero-order valence-corrected chi connectivity index (χ0v) is 21.2. The van der Waals surface area contributed by atoms with Gasteiger partial charge in [0, 0.05) is 60.3 Å². The molecule has 0 bridgehead atoms. The van der Waals surface area contributed by atoms with Gasteiger partial charge in [-0.05, 0) is 59.7 Å². The number of rotatable bonds is 8. The second-order valence-corrected chi connectivity index (χ2v) is 10.1. The number of amides is 1. The summed E-state index contributed by atoms with van der Waals surface area (Å²) < 4.78 is 0. The molecule has 0 aliphatic carbocycles. The van der Waals surface area contributed by atoms with Crippen molar-refractivity contribution >= 4 is 29.0 Å². The lowest BCUT2D eigenvalue weighted by atomic mass is 10.1. The Morgan fingerprint density at radius 3 is 1.97 bits per heavy atom. The fourth-order valence-electron chi connectivity index (χ4n) is 4.39. The number of benzene rings is 4. The lowest BCUT2D eigenvalue weighted by Gasteiger charge is -2.36. The Labute approximate surface area is 218 Å². The molecule has 0 spiro atoms. The molecule has 1 saturated heterocycles. The fraction of sp³-hybridized carbons (Fsp3) is 0.194. The number of piperazine rings is 1. The first-order valence-electron chi connectivity index (χ1n) is 12.4. The Hall–Kier alpha value is -3.54. The maximum atomic E-state index is 12.8. The van der Waals surface area contributed by atoms with Crippen LogP contribution in [0, 0.1) is 0 Å². The third kappa shape index (κ3) is 6.56. The summed E-state index contributed by atoms with van der Waals surface area (Å²) in [7, 11) is 0. The van der Waals surface area contributed by atoms with E-state index in [2.05, 4.69) is 94.0 Å². The Kier molecular flexibility index (Phi) is 8.01. The molecule has 0 unspecified atom stereocenters. The maximum absolute atomic E-state index is 12.8. The average molecular weight is 494 g/mol. The van der Waals surface area contributed by atoms with Crippen LogP contribution in [0.25, 0.3) is 0 Å². The highest BCUT2D eigenvalue weighted by molar-refractivity contribution is 7.98. The number of carbonyl (C=O) groups is 1. The number of hydrogen-bond acceptors (Lipinski definition) is 4. The summed E-state index contributed by atoms with van der Waals surface area (Å²) in [4.78, 5) is 18.9. The third-order valence-electron chi connectivity index (χ3n) is 6.48. The first-order chi connectivity index (χ1) is 17.7. The fourth-order valence-corrected chi connectivity index (χ4v) is 5.27. The van der Waals surface area contributed by atoms with Crippen molar-refractivity contribution < 1.29 is 4.79 Å². The molecule has 1 aliphatic rings. The monoisotopic (exact) mass is 493 g/mol. The lowest BCUT2D eigenvalue weighted by molar-refractivity contribution is 0.102. The van der Waals surface area contributed by atoms with Gasteiger partial charge in [0.2, 0.25) is 0 Å². The number of para-hydroxylation sites is 1. The molecular weight excluding hydrogens is 462 g/mol. The van der Waals surface area contributed by atoms with Crippen LogP contribution in [-0.2, 0) is 12.3 Å². The van der Waals surface area contributed by atoms with Crippen molar-refractivity contribution in [3.63, 3.8) is 0 Å². The van der Waals surface area contributed by atoms with E-state index in [1.54, 1.807) is 0 Å². The summed E-state index contributed by atoms with van der Waals surface area (Å²) in [6.45, 7) is 5.06. The quantitative estimate of drug-likeness (QED) is 0.282. The van der Waals surface area contributed by atoms with Gasteiger partial charge in [-0.2, -0.15) is 0 Å². The van der Waals surface area contributed by atoms with Crippen molar-refractivity contribution in [1.29, 1.82) is 0 Å². The largest absolute Gasteiger partial charge is 0.369 e. The van der Waals surface area contributed by atoms with E-state index in [9.17, 15) is 4.79 Å². The molecule has 0 radical (unpaired) electrons. The van der Waals surface area contributed by atoms with Crippen LogP contribution < -0.4 is 10.2 Å². The zero-order valence-electron chi connectivity index (χ0n) is 20.3. The van der Waals surface area contributed by atoms with Gasteiger partial charge in [0.1, 0.15) is 0 Å². The van der Waals surface area contributed by atoms with Gasteiger partial charge in [0.25, 0.3) is 5.91 Å². The normalized spacial score (nSPS) is 13.9. The first-order valence-corrected chi connectivity index (χ1v) is 13.4. The maximum Gasteiger partial charge on any atom is 0.255 e. The number of carbonyl (C=O) groups excluding carboxylic acids is 1. The van der Waals surface area contributed by atoms with E-state index in [1.807, 2.05) is 42.1 Å². The third-order valence-corrected chi connectivity index (χ3v) is 7.56. The predicted octanol–water partition coefficient (Wildman–Crippen LogP) is 6.55. The standard InChI is InChI=1S/C31H31N3OS/c35-31(32-28-17-13-26(14-18-28)24-36-30-9-5-2-6-10-30)27-15-11-25(12-16-27)23-33-19-21-34(22-20-33)29-7-3-1-4-8-29/h1-18H,19-24H2,(H,32,35). The van der Waals surface area contributed by atoms with Crippen LogP contribution in [0.5, 0.6) is 0 Å². The molecule has 5 heteroatoms. The van der Waals surface area contributed by atoms with Crippen molar-refractivity contribution in [3.8, 4) is 0 Å². The van der Waals surface area contributed by atoms with Crippen LogP contribution in [0.15, 0.2) is 114 Å². The molecule has 1 aliphatic heterocycles. The number of anilines is 2. The van der Waals surface area contributed by atoms with E-state index in [0.29, 0.717) is 5.56 Å². The molecule has 4 nitrogen and oxygen atoms in total. The van der Waals surface area contributed by atoms with Crippen molar-refractivity contribution in [3.05, 3.63) is 126 Å². The van der Waals surface area contributed by atoms with Gasteiger partial charge >= 0.3 is 0 Å². The molecule has 0 atom stereocenters. The highest BCUT2D eigenvalue weighted by atomic mass is 32.2. The van der Waals surface area contributed by atoms with E-state index in [4.69, 9.17) is 0 Å². The molecular formula is C31H31N3OS. The average Bonchev–Trinajstić information content (AvgIpc) is 2.94. The summed E-state index contributed by atoms with van der Waals surface area (Å²) in [5.74, 6) is 0.825. The van der Waals surface area contributed by atoms with Crippen LogP contribution in [0.4, 0.5) is 11.4 Å². The summed E-state index contributed by atoms with van der Waals surface area (Å²) >= 11 is 1.81. The van der Waals surface area contributed by atoms with Gasteiger partial charge in [0.15, 0.2) is 0 Å². The highest BCUT2D eigenvalue weighted by Crippen LogP contribution is 2.23. The molecule has 4 aromatic carbocycles. The predicted molar refractivity (Wildman–Crippen MR) is 151 cm³/mol. The van der Waals surface area contributed by atoms with E-state index >= 15 is 0 Å². The van der Waals surface area contributed by atoms with Gasteiger partial charge in [-0.1, -0.05) is 60.7 Å². The highest BCUT2D eigenvalue weighted by Gasteiger charge is 2.17. The Morgan fingerprint density at radius 1 is 0.694 bits per heavy atom. The number of nitrogens with zero attached hydrogens (tertiary/aromatic N) is 2. The molecule has 0 aromatic heterocycles. The second-order valence-electron chi connectivity index (χ2n) is 9.05. The summed E-state index contributed by atoms with van der Waals surface area (Å²) in [6.07, 6.45) is 0. The molecule has 1 fully saturated rings. The summed E-state index contributed by atoms with van der Waals surface area (Å²) in [6, 6.07) is 37.1. The minimum Gasteiger partial charge on any atom is -0.369 e. The number of thioether (sulfide) groups is 1. The van der Waals surface area contributed by atoms with E-state index in [0.717, 1.165) is 44.2 Å². The number of hydrogen-bond donors (Lipinski definition) is 1. The van der Waals surface area contributed by atoms with Gasteiger partial charge in [0.05, 0.1) is 0 Å². The van der Waals surface area contributed by atoms with E-state index < -0.39 is 0 Å². The lowest BCUT2D eigenvalue weighted by Crippen LogP contribution is -2.45. The van der Waals surface area contributed by atoms with Crippen LogP contribution >= 0.6 is 11.8 Å². The minimum absolute atomic E-state index is 0.0792. The zero-order chi connectivity index (χ0) is 24.6. The van der Waals surface area contributed by atoms with Gasteiger partial charge in [-0.3, -0.25) is 9.69 Å². The second kappa shape index (κ2) is 11.9. The molecule has 0 saturated carbocycles. The van der Waals surface area contributed by atoms with Gasteiger partial charge in [-0.25, -0.2) is 0 Å². The van der Waals surface area contributed by atoms with Crippen molar-refractivity contribution in [2.75, 3.05) is 36.4 Å². The summed E-state index contributed by atoms with van der Waals surface area (Å²) in [5.41, 5.74) is 5.26. The van der Waals surface area contributed by atoms with Crippen molar-refractivity contribution in [2.45, 2.75) is 17.2 Å². The van der Waals surface area contributed by atoms with Crippen molar-refractivity contribution in [1.82, 2.24) is 4.90 Å². The Balaban J connectivity index is 1.09. The van der Waals surface area contributed by atoms with Crippen LogP contribution in [-0.4, -0.2) is 37.0 Å². The van der Waals surface area contributed by atoms with Gasteiger partial charge < -0.3 is 10.2 Å². The molecule has 1 heterocycles. The molecule has 4 aromatic rings. The first kappa shape index (κ1) is 24.2. The molecule has 5 rings (SSSR count). The SMILES string of the molecule is O=C(Nc1ccc(CSc2ccccc2)cc1)c1ccc(CN2CCN(c3ccccc3)CC2)cc1. The minimum atomic E-state index is -0.0792. The van der Waals surface area contributed by atoms with Crippen LogP contribution in [0.1, 0.15) is 21.5 Å². The molecule has 182 valence electrons. The van der Waals surface area contributed by atoms with Gasteiger partial charge in [-0.15, -0.1) is 11.8 Å². The molecule has 36 heavy (non-hydrogen) atoms. The Morgan fingerprint density at radius 2 is 1.31 bits per heavy atom. The smallest absolute Gasteiger partial charge is 0.255 e. The molecule has 1 N–H and O–H groups in total. The van der Waals surface area contributed by atoms with Crippen molar-refractivity contribution in [2.24, 2.45) is 0 Å². The van der Waals surface area contributed by atoms with E-state index in [-0.39, 0.29) is 5.91 Å².